The number of hydrogen-bond donors (Lipinski definition) is 1. The molecule has 2 unspecified atom stereocenters. The van der Waals surface area contributed by atoms with Crippen LogP contribution in [0.25, 0.3) is 5.57 Å². The molecule has 7 heteroatoms. The number of benzene rings is 4. The van der Waals surface area contributed by atoms with Gasteiger partial charge in [-0.2, -0.15) is 0 Å². The fourth-order valence-corrected chi connectivity index (χ4v) is 5.02. The molecular weight excluding hydrogens is 544 g/mol. The Morgan fingerprint density at radius 3 is 1.70 bits per heavy atom. The largest absolute Gasteiger partial charge is 0.480 e. The number of esters is 2. The summed E-state index contributed by atoms with van der Waals surface area (Å²) in [5.74, 6) is -2.57. The molecule has 1 N–H and O–H groups in total. The minimum absolute atomic E-state index is 0.0917. The number of carbonyl (C=O) groups excluding carboxylic acids is 2. The maximum atomic E-state index is 13.5. The van der Waals surface area contributed by atoms with Crippen molar-refractivity contribution in [2.45, 2.75) is 12.7 Å². The zero-order valence-corrected chi connectivity index (χ0v) is 23.3. The lowest BCUT2D eigenvalue weighted by atomic mass is 9.69. The maximum absolute atomic E-state index is 13.5. The summed E-state index contributed by atoms with van der Waals surface area (Å²) < 4.78 is 17.8. The van der Waals surface area contributed by atoms with E-state index in [9.17, 15) is 19.5 Å². The molecule has 0 fully saturated rings. The Morgan fingerprint density at radius 1 is 0.628 bits per heavy atom. The van der Waals surface area contributed by atoms with E-state index in [1.54, 1.807) is 72.8 Å². The molecule has 0 saturated heterocycles. The van der Waals surface area contributed by atoms with Crippen molar-refractivity contribution in [3.63, 3.8) is 0 Å². The standard InChI is InChI=1S/C36H30O7/c37-33(28-17-9-3-10-18-28)42-24-30-21-22-31(27-15-7-2-8-16-27)32(41-23-26-13-5-1-6-14-26)36(30,35(39)40)25-43-34(38)29-19-11-4-12-20-29/h1-22,32H,23-25H2,(H,39,40). The average molecular weight is 575 g/mol. The molecule has 0 aromatic heterocycles. The van der Waals surface area contributed by atoms with Crippen LogP contribution in [0.15, 0.2) is 139 Å². The van der Waals surface area contributed by atoms with Crippen LogP contribution in [0.5, 0.6) is 0 Å². The summed E-state index contributed by atoms with van der Waals surface area (Å²) in [6.45, 7) is -0.824. The van der Waals surface area contributed by atoms with Crippen molar-refractivity contribution in [3.05, 3.63) is 161 Å². The smallest absolute Gasteiger partial charge is 0.338 e. The van der Waals surface area contributed by atoms with Crippen molar-refractivity contribution in [2.24, 2.45) is 5.41 Å². The quantitative estimate of drug-likeness (QED) is 0.208. The van der Waals surface area contributed by atoms with Crippen LogP contribution in [-0.4, -0.2) is 42.3 Å². The Morgan fingerprint density at radius 2 is 1.14 bits per heavy atom. The monoisotopic (exact) mass is 574 g/mol. The SMILES string of the molecule is O=C(OCC1=CC=C(c2ccccc2)C(OCc2ccccc2)C1(COC(=O)c1ccccc1)C(=O)O)c1ccccc1. The number of aliphatic carboxylic acids is 1. The molecule has 1 aliphatic carbocycles. The zero-order chi connectivity index (χ0) is 30.1. The molecule has 5 rings (SSSR count). The summed E-state index contributed by atoms with van der Waals surface area (Å²) >= 11 is 0. The molecule has 1 aliphatic rings. The molecule has 216 valence electrons. The molecule has 2 atom stereocenters. The third-order valence-corrected chi connectivity index (χ3v) is 7.32. The minimum atomic E-state index is -1.92. The predicted octanol–water partition coefficient (Wildman–Crippen LogP) is 6.38. The van der Waals surface area contributed by atoms with Gasteiger partial charge in [0, 0.05) is 0 Å². The molecule has 4 aromatic rings. The number of rotatable bonds is 11. The van der Waals surface area contributed by atoms with Crippen molar-refractivity contribution in [1.29, 1.82) is 0 Å². The van der Waals surface area contributed by atoms with Gasteiger partial charge in [0.15, 0.2) is 5.41 Å². The van der Waals surface area contributed by atoms with E-state index in [1.165, 1.54) is 0 Å². The van der Waals surface area contributed by atoms with Gasteiger partial charge in [-0.25, -0.2) is 9.59 Å². The van der Waals surface area contributed by atoms with E-state index in [-0.39, 0.29) is 24.4 Å². The first kappa shape index (κ1) is 29.2. The normalized spacial score (nSPS) is 17.7. The highest BCUT2D eigenvalue weighted by Crippen LogP contribution is 2.45. The van der Waals surface area contributed by atoms with Crippen LogP contribution in [0.3, 0.4) is 0 Å². The fourth-order valence-electron chi connectivity index (χ4n) is 5.02. The first-order valence-corrected chi connectivity index (χ1v) is 13.8. The number of carboxylic acids is 1. The van der Waals surface area contributed by atoms with Gasteiger partial charge in [0.1, 0.15) is 19.3 Å². The van der Waals surface area contributed by atoms with E-state index in [2.05, 4.69) is 0 Å². The first-order valence-electron chi connectivity index (χ1n) is 13.8. The van der Waals surface area contributed by atoms with Gasteiger partial charge < -0.3 is 19.3 Å². The van der Waals surface area contributed by atoms with E-state index >= 15 is 0 Å². The van der Waals surface area contributed by atoms with E-state index in [0.717, 1.165) is 11.1 Å². The molecule has 4 aromatic carbocycles. The van der Waals surface area contributed by atoms with Crippen LogP contribution in [-0.2, 0) is 25.6 Å². The third kappa shape index (κ3) is 6.63. The van der Waals surface area contributed by atoms with Gasteiger partial charge in [0.25, 0.3) is 0 Å². The number of allylic oxidation sites excluding steroid dienone is 2. The molecule has 43 heavy (non-hydrogen) atoms. The highest BCUT2D eigenvalue weighted by Gasteiger charge is 2.54. The van der Waals surface area contributed by atoms with E-state index in [0.29, 0.717) is 11.1 Å². The summed E-state index contributed by atoms with van der Waals surface area (Å²) in [6.07, 6.45) is 2.29. The first-order chi connectivity index (χ1) is 21.0. The average Bonchev–Trinajstić information content (AvgIpc) is 3.06. The maximum Gasteiger partial charge on any atom is 0.338 e. The van der Waals surface area contributed by atoms with Crippen molar-refractivity contribution in [1.82, 2.24) is 0 Å². The summed E-state index contributed by atoms with van der Waals surface area (Å²) in [5, 5.41) is 11.0. The zero-order valence-electron chi connectivity index (χ0n) is 23.3. The Labute approximate surface area is 249 Å². The molecule has 7 nitrogen and oxygen atoms in total. The van der Waals surface area contributed by atoms with Crippen LogP contribution < -0.4 is 0 Å². The minimum Gasteiger partial charge on any atom is -0.480 e. The number of hydrogen-bond acceptors (Lipinski definition) is 6. The number of carboxylic acid groups (broad SMARTS) is 1. The topological polar surface area (TPSA) is 99.1 Å². The van der Waals surface area contributed by atoms with Gasteiger partial charge in [0.05, 0.1) is 17.7 Å². The Kier molecular flexibility index (Phi) is 9.24. The van der Waals surface area contributed by atoms with Crippen LogP contribution in [0, 0.1) is 5.41 Å². The van der Waals surface area contributed by atoms with Gasteiger partial charge >= 0.3 is 17.9 Å². The number of ether oxygens (including phenoxy) is 3. The number of carbonyl (C=O) groups is 3. The molecule has 0 amide bonds. The molecule has 0 spiro atoms. The highest BCUT2D eigenvalue weighted by molar-refractivity contribution is 5.92. The second-order valence-electron chi connectivity index (χ2n) is 10.0. The summed E-state index contributed by atoms with van der Waals surface area (Å²) in [5.41, 5.74) is 1.08. The van der Waals surface area contributed by atoms with Gasteiger partial charge in [0.2, 0.25) is 0 Å². The van der Waals surface area contributed by atoms with Gasteiger partial charge in [-0.3, -0.25) is 4.79 Å². The Balaban J connectivity index is 1.55. The van der Waals surface area contributed by atoms with E-state index in [1.807, 2.05) is 60.7 Å². The molecule has 0 heterocycles. The van der Waals surface area contributed by atoms with Crippen molar-refractivity contribution in [2.75, 3.05) is 13.2 Å². The lowest BCUT2D eigenvalue weighted by Crippen LogP contribution is -2.52. The molecule has 0 radical (unpaired) electrons. The lowest BCUT2D eigenvalue weighted by molar-refractivity contribution is -0.157. The molecule has 0 bridgehead atoms. The van der Waals surface area contributed by atoms with Crippen molar-refractivity contribution >= 4 is 23.5 Å². The summed E-state index contributed by atoms with van der Waals surface area (Å²) in [7, 11) is 0. The Bertz CT molecular complexity index is 1610. The summed E-state index contributed by atoms with van der Waals surface area (Å²) in [6, 6.07) is 35.4. The fraction of sp³-hybridized carbons (Fsp3) is 0.139. The highest BCUT2D eigenvalue weighted by atomic mass is 16.5. The second kappa shape index (κ2) is 13.6. The molecule has 0 saturated carbocycles. The van der Waals surface area contributed by atoms with Crippen molar-refractivity contribution in [3.8, 4) is 0 Å². The Hall–Kier alpha value is -5.27. The van der Waals surface area contributed by atoms with E-state index < -0.39 is 36.0 Å². The second-order valence-corrected chi connectivity index (χ2v) is 10.0. The van der Waals surface area contributed by atoms with Crippen LogP contribution >= 0.6 is 0 Å². The van der Waals surface area contributed by atoms with Crippen molar-refractivity contribution < 1.29 is 33.7 Å². The third-order valence-electron chi connectivity index (χ3n) is 7.32. The lowest BCUT2D eigenvalue weighted by Gasteiger charge is -2.41. The van der Waals surface area contributed by atoms with Gasteiger partial charge in [-0.1, -0.05) is 109 Å². The van der Waals surface area contributed by atoms with Gasteiger partial charge in [-0.15, -0.1) is 0 Å². The summed E-state index contributed by atoms with van der Waals surface area (Å²) in [4.78, 5) is 39.4. The van der Waals surface area contributed by atoms with Crippen LogP contribution in [0.4, 0.5) is 0 Å². The van der Waals surface area contributed by atoms with Gasteiger partial charge in [-0.05, 0) is 46.5 Å². The van der Waals surface area contributed by atoms with Crippen LogP contribution in [0.1, 0.15) is 31.8 Å². The van der Waals surface area contributed by atoms with Crippen LogP contribution in [0.2, 0.25) is 0 Å². The molecular formula is C36H30O7. The van der Waals surface area contributed by atoms with E-state index in [4.69, 9.17) is 14.2 Å². The molecule has 0 aliphatic heterocycles. The predicted molar refractivity (Wildman–Crippen MR) is 161 cm³/mol.